The molecule has 130 valence electrons. The molecule has 0 aliphatic carbocycles. The van der Waals surface area contributed by atoms with Gasteiger partial charge in [-0.1, -0.05) is 11.6 Å². The molecule has 0 unspecified atom stereocenters. The molecule has 2 aliphatic rings. The molecule has 0 aromatic carbocycles. The summed E-state index contributed by atoms with van der Waals surface area (Å²) in [5.74, 6) is -0.381. The SMILES string of the molecule is O=C(O)[C@@H]1COCCN1C(=O)C1CCN(c2ccc(Cl)cn2)CC1. The zero-order chi connectivity index (χ0) is 17.1. The quantitative estimate of drug-likeness (QED) is 0.881. The number of carboxylic acid groups (broad SMARTS) is 1. The number of hydrogen-bond donors (Lipinski definition) is 1. The Morgan fingerprint density at radius 2 is 2.00 bits per heavy atom. The molecule has 1 N–H and O–H groups in total. The smallest absolute Gasteiger partial charge is 0.328 e. The molecule has 2 saturated heterocycles. The molecular formula is C16H20ClN3O4. The molecule has 24 heavy (non-hydrogen) atoms. The van der Waals surface area contributed by atoms with Gasteiger partial charge in [-0.2, -0.15) is 0 Å². The lowest BCUT2D eigenvalue weighted by Gasteiger charge is -2.38. The van der Waals surface area contributed by atoms with Gasteiger partial charge in [0.05, 0.1) is 18.2 Å². The van der Waals surface area contributed by atoms with Gasteiger partial charge in [0.2, 0.25) is 5.91 Å². The molecule has 7 nitrogen and oxygen atoms in total. The van der Waals surface area contributed by atoms with E-state index in [2.05, 4.69) is 9.88 Å². The van der Waals surface area contributed by atoms with Gasteiger partial charge < -0.3 is 19.6 Å². The van der Waals surface area contributed by atoms with E-state index in [1.165, 1.54) is 4.90 Å². The molecule has 2 fully saturated rings. The Morgan fingerprint density at radius 1 is 1.25 bits per heavy atom. The molecule has 0 saturated carbocycles. The number of aromatic nitrogens is 1. The predicted octanol–water partition coefficient (Wildman–Crippen LogP) is 1.26. The number of amides is 1. The third-order valence-electron chi connectivity index (χ3n) is 4.58. The van der Waals surface area contributed by atoms with Crippen LogP contribution >= 0.6 is 11.6 Å². The number of carboxylic acids is 1. The van der Waals surface area contributed by atoms with E-state index in [9.17, 15) is 14.7 Å². The van der Waals surface area contributed by atoms with Crippen LogP contribution in [0.15, 0.2) is 18.3 Å². The molecule has 1 aromatic heterocycles. The fourth-order valence-electron chi connectivity index (χ4n) is 3.22. The average Bonchev–Trinajstić information content (AvgIpc) is 2.62. The van der Waals surface area contributed by atoms with Crippen molar-refractivity contribution in [3.8, 4) is 0 Å². The normalized spacial score (nSPS) is 22.5. The highest BCUT2D eigenvalue weighted by atomic mass is 35.5. The van der Waals surface area contributed by atoms with Crippen LogP contribution in [0.4, 0.5) is 5.82 Å². The maximum atomic E-state index is 12.7. The van der Waals surface area contributed by atoms with Gasteiger partial charge in [-0.25, -0.2) is 9.78 Å². The molecular weight excluding hydrogens is 334 g/mol. The number of carbonyl (C=O) groups excluding carboxylic acids is 1. The monoisotopic (exact) mass is 353 g/mol. The standard InChI is InChI=1S/C16H20ClN3O4/c17-12-1-2-14(18-9-12)19-5-3-11(4-6-19)15(21)20-7-8-24-10-13(20)16(22)23/h1-2,9,11,13H,3-8,10H2,(H,22,23)/t13-/m0/s1. The Morgan fingerprint density at radius 3 is 2.62 bits per heavy atom. The number of carbonyl (C=O) groups is 2. The second-order valence-electron chi connectivity index (χ2n) is 6.06. The molecule has 1 aromatic rings. The number of piperidine rings is 1. The summed E-state index contributed by atoms with van der Waals surface area (Å²) < 4.78 is 5.19. The van der Waals surface area contributed by atoms with E-state index in [0.717, 1.165) is 5.82 Å². The van der Waals surface area contributed by atoms with E-state index in [-0.39, 0.29) is 18.4 Å². The van der Waals surface area contributed by atoms with Crippen LogP contribution in [0.2, 0.25) is 5.02 Å². The topological polar surface area (TPSA) is 83.0 Å². The third kappa shape index (κ3) is 3.62. The van der Waals surface area contributed by atoms with Gasteiger partial charge in [-0.05, 0) is 25.0 Å². The molecule has 0 radical (unpaired) electrons. The van der Waals surface area contributed by atoms with Gasteiger partial charge in [-0.15, -0.1) is 0 Å². The van der Waals surface area contributed by atoms with Crippen LogP contribution in [0.25, 0.3) is 0 Å². The van der Waals surface area contributed by atoms with Crippen LogP contribution in [0.5, 0.6) is 0 Å². The van der Waals surface area contributed by atoms with Crippen LogP contribution in [-0.2, 0) is 14.3 Å². The van der Waals surface area contributed by atoms with Crippen LogP contribution in [-0.4, -0.2) is 65.8 Å². The van der Waals surface area contributed by atoms with Gasteiger partial charge in [0.15, 0.2) is 6.04 Å². The van der Waals surface area contributed by atoms with Crippen molar-refractivity contribution in [2.45, 2.75) is 18.9 Å². The first kappa shape index (κ1) is 17.0. The fourth-order valence-corrected chi connectivity index (χ4v) is 3.33. The van der Waals surface area contributed by atoms with Crippen molar-refractivity contribution in [1.82, 2.24) is 9.88 Å². The fraction of sp³-hybridized carbons (Fsp3) is 0.562. The van der Waals surface area contributed by atoms with Crippen LogP contribution < -0.4 is 4.90 Å². The van der Waals surface area contributed by atoms with Gasteiger partial charge in [0, 0.05) is 31.7 Å². The first-order valence-corrected chi connectivity index (χ1v) is 8.41. The molecule has 8 heteroatoms. The minimum absolute atomic E-state index is 0.0641. The van der Waals surface area contributed by atoms with Crippen molar-refractivity contribution in [2.75, 3.05) is 37.7 Å². The minimum atomic E-state index is -1.01. The molecule has 1 amide bonds. The van der Waals surface area contributed by atoms with E-state index >= 15 is 0 Å². The Labute approximate surface area is 145 Å². The van der Waals surface area contributed by atoms with Crippen molar-refractivity contribution in [3.05, 3.63) is 23.4 Å². The van der Waals surface area contributed by atoms with Gasteiger partial charge >= 0.3 is 5.97 Å². The van der Waals surface area contributed by atoms with E-state index in [1.807, 2.05) is 6.07 Å². The molecule has 0 spiro atoms. The zero-order valence-electron chi connectivity index (χ0n) is 13.2. The van der Waals surface area contributed by atoms with Crippen molar-refractivity contribution in [1.29, 1.82) is 0 Å². The average molecular weight is 354 g/mol. The number of ether oxygens (including phenoxy) is 1. The maximum Gasteiger partial charge on any atom is 0.328 e. The van der Waals surface area contributed by atoms with Crippen LogP contribution in [0, 0.1) is 5.92 Å². The molecule has 0 bridgehead atoms. The van der Waals surface area contributed by atoms with E-state index in [0.29, 0.717) is 44.1 Å². The summed E-state index contributed by atoms with van der Waals surface area (Å²) in [5, 5.41) is 9.86. The second kappa shape index (κ2) is 7.36. The summed E-state index contributed by atoms with van der Waals surface area (Å²) in [5.41, 5.74) is 0. The molecule has 2 aliphatic heterocycles. The van der Waals surface area contributed by atoms with E-state index in [1.54, 1.807) is 12.3 Å². The third-order valence-corrected chi connectivity index (χ3v) is 4.80. The maximum absolute atomic E-state index is 12.7. The van der Waals surface area contributed by atoms with Crippen molar-refractivity contribution in [2.24, 2.45) is 5.92 Å². The largest absolute Gasteiger partial charge is 0.480 e. The number of halogens is 1. The highest BCUT2D eigenvalue weighted by Gasteiger charge is 2.37. The summed E-state index contributed by atoms with van der Waals surface area (Å²) in [4.78, 5) is 31.9. The van der Waals surface area contributed by atoms with E-state index < -0.39 is 12.0 Å². The number of rotatable bonds is 3. The Bertz CT molecular complexity index is 602. The number of anilines is 1. The molecule has 1 atom stereocenters. The highest BCUT2D eigenvalue weighted by molar-refractivity contribution is 6.30. The number of aliphatic carboxylic acids is 1. The lowest BCUT2D eigenvalue weighted by atomic mass is 9.94. The van der Waals surface area contributed by atoms with Crippen molar-refractivity contribution in [3.63, 3.8) is 0 Å². The van der Waals surface area contributed by atoms with Gasteiger partial charge in [0.25, 0.3) is 0 Å². The van der Waals surface area contributed by atoms with Gasteiger partial charge in [-0.3, -0.25) is 4.79 Å². The van der Waals surface area contributed by atoms with Crippen LogP contribution in [0.3, 0.4) is 0 Å². The Hall–Kier alpha value is -1.86. The first-order valence-electron chi connectivity index (χ1n) is 8.04. The summed E-state index contributed by atoms with van der Waals surface area (Å²) in [6.45, 7) is 2.23. The number of morpholine rings is 1. The summed E-state index contributed by atoms with van der Waals surface area (Å²) >= 11 is 5.85. The van der Waals surface area contributed by atoms with Crippen molar-refractivity contribution < 1.29 is 19.4 Å². The minimum Gasteiger partial charge on any atom is -0.480 e. The second-order valence-corrected chi connectivity index (χ2v) is 6.49. The van der Waals surface area contributed by atoms with E-state index in [4.69, 9.17) is 16.3 Å². The predicted molar refractivity (Wildman–Crippen MR) is 88.1 cm³/mol. The molecule has 3 heterocycles. The molecule has 3 rings (SSSR count). The number of nitrogens with zero attached hydrogens (tertiary/aromatic N) is 3. The van der Waals surface area contributed by atoms with Crippen LogP contribution in [0.1, 0.15) is 12.8 Å². The van der Waals surface area contributed by atoms with Gasteiger partial charge in [0.1, 0.15) is 5.82 Å². The lowest BCUT2D eigenvalue weighted by Crippen LogP contribution is -2.55. The Kier molecular flexibility index (Phi) is 5.20. The lowest BCUT2D eigenvalue weighted by molar-refractivity contribution is -0.160. The number of hydrogen-bond acceptors (Lipinski definition) is 5. The Balaban J connectivity index is 1.60. The highest BCUT2D eigenvalue weighted by Crippen LogP contribution is 2.25. The number of pyridine rings is 1. The first-order chi connectivity index (χ1) is 11.6. The zero-order valence-corrected chi connectivity index (χ0v) is 14.0. The summed E-state index contributed by atoms with van der Waals surface area (Å²) in [7, 11) is 0. The summed E-state index contributed by atoms with van der Waals surface area (Å²) in [6, 6.07) is 2.79. The van der Waals surface area contributed by atoms with Crippen molar-refractivity contribution >= 4 is 29.3 Å². The summed E-state index contributed by atoms with van der Waals surface area (Å²) in [6.07, 6.45) is 2.99.